The maximum atomic E-state index is 10.0. The molecule has 2 aromatic rings. The summed E-state index contributed by atoms with van der Waals surface area (Å²) in [6.07, 6.45) is 0.0125. The largest absolute Gasteiger partial charge is 0.475 e. The smallest absolute Gasteiger partial charge is 0.173 e. The first-order valence-corrected chi connectivity index (χ1v) is 9.04. The van der Waals surface area contributed by atoms with Crippen LogP contribution in [0.1, 0.15) is 10.7 Å². The molecule has 23 heavy (non-hydrogen) atoms. The number of thiazole rings is 1. The first kappa shape index (κ1) is 16.7. The highest BCUT2D eigenvalue weighted by Crippen LogP contribution is 2.33. The average molecular weight is 354 g/mol. The van der Waals surface area contributed by atoms with Crippen molar-refractivity contribution >= 4 is 23.1 Å². The first-order chi connectivity index (χ1) is 11.0. The lowest BCUT2D eigenvalue weighted by atomic mass is 10.1. The van der Waals surface area contributed by atoms with Gasteiger partial charge in [0.05, 0.1) is 27.9 Å². The molecule has 1 fully saturated rings. The second-order valence-electron chi connectivity index (χ2n) is 5.42. The number of ether oxygens (including phenoxy) is 1. The molecular formula is C15H18N2O4S2. The van der Waals surface area contributed by atoms with Crippen LogP contribution in [0.2, 0.25) is 0 Å². The van der Waals surface area contributed by atoms with Crippen LogP contribution in [0.4, 0.5) is 0 Å². The Morgan fingerprint density at radius 3 is 2.65 bits per heavy atom. The molecule has 0 spiro atoms. The zero-order valence-corrected chi connectivity index (χ0v) is 14.3. The number of hydrogen-bond acceptors (Lipinski definition) is 8. The van der Waals surface area contributed by atoms with Crippen LogP contribution in [-0.2, 0) is 0 Å². The van der Waals surface area contributed by atoms with E-state index < -0.39 is 23.7 Å². The number of aryl methyl sites for hydroxylation is 2. The van der Waals surface area contributed by atoms with Crippen molar-refractivity contribution < 1.29 is 20.1 Å². The van der Waals surface area contributed by atoms with E-state index >= 15 is 0 Å². The van der Waals surface area contributed by atoms with E-state index in [4.69, 9.17) is 4.74 Å². The van der Waals surface area contributed by atoms with Gasteiger partial charge in [-0.1, -0.05) is 0 Å². The Kier molecular flexibility index (Phi) is 4.88. The summed E-state index contributed by atoms with van der Waals surface area (Å²) < 4.78 is 5.76. The van der Waals surface area contributed by atoms with E-state index in [-0.39, 0.29) is 0 Å². The number of aliphatic hydroxyl groups is 3. The fourth-order valence-electron chi connectivity index (χ4n) is 2.42. The van der Waals surface area contributed by atoms with E-state index in [2.05, 4.69) is 9.97 Å². The van der Waals surface area contributed by atoms with Crippen molar-refractivity contribution in [1.82, 2.24) is 9.97 Å². The molecule has 3 rings (SSSR count). The maximum Gasteiger partial charge on any atom is 0.173 e. The number of rotatable bonds is 3. The van der Waals surface area contributed by atoms with E-state index in [1.807, 2.05) is 19.9 Å². The van der Waals surface area contributed by atoms with E-state index in [9.17, 15) is 15.3 Å². The summed E-state index contributed by atoms with van der Waals surface area (Å²) in [5.41, 5.74) is 1.20. The molecule has 0 saturated carbocycles. The summed E-state index contributed by atoms with van der Waals surface area (Å²) in [7, 11) is 0. The predicted octanol–water partition coefficient (Wildman–Crippen LogP) is 1.36. The highest BCUT2D eigenvalue weighted by Gasteiger charge is 2.38. The molecule has 0 aromatic carbocycles. The van der Waals surface area contributed by atoms with Crippen molar-refractivity contribution in [3.8, 4) is 16.2 Å². The number of hydrogen-bond donors (Lipinski definition) is 3. The lowest BCUT2D eigenvalue weighted by molar-refractivity contribution is -0.0786. The van der Waals surface area contributed by atoms with Gasteiger partial charge in [-0.25, -0.2) is 4.98 Å². The highest BCUT2D eigenvalue weighted by molar-refractivity contribution is 7.99. The van der Waals surface area contributed by atoms with Gasteiger partial charge in [0, 0.05) is 17.5 Å². The first-order valence-electron chi connectivity index (χ1n) is 7.17. The van der Waals surface area contributed by atoms with Crippen LogP contribution in [0.3, 0.4) is 0 Å². The van der Waals surface area contributed by atoms with Crippen molar-refractivity contribution in [2.45, 2.75) is 37.6 Å². The van der Waals surface area contributed by atoms with Crippen molar-refractivity contribution in [1.29, 1.82) is 0 Å². The molecule has 0 amide bonds. The van der Waals surface area contributed by atoms with Gasteiger partial charge in [-0.3, -0.25) is 4.98 Å². The number of pyridine rings is 1. The minimum atomic E-state index is -1.20. The molecule has 1 aliphatic rings. The summed E-state index contributed by atoms with van der Waals surface area (Å²) in [5.74, 6) is 0.816. The number of nitrogens with zero attached hydrogens (tertiary/aromatic N) is 2. The quantitative estimate of drug-likeness (QED) is 0.766. The monoisotopic (exact) mass is 354 g/mol. The van der Waals surface area contributed by atoms with Crippen molar-refractivity contribution in [2.75, 3.05) is 5.75 Å². The third-order valence-electron chi connectivity index (χ3n) is 3.59. The molecule has 0 bridgehead atoms. The van der Waals surface area contributed by atoms with Crippen molar-refractivity contribution in [3.63, 3.8) is 0 Å². The van der Waals surface area contributed by atoms with Crippen LogP contribution in [0.15, 0.2) is 18.5 Å². The Bertz CT molecular complexity index is 694. The van der Waals surface area contributed by atoms with Gasteiger partial charge >= 0.3 is 0 Å². The molecule has 1 saturated heterocycles. The molecule has 0 unspecified atom stereocenters. The zero-order chi connectivity index (χ0) is 16.6. The number of aromatic nitrogens is 2. The third kappa shape index (κ3) is 3.51. The van der Waals surface area contributed by atoms with Crippen molar-refractivity contribution in [3.05, 3.63) is 29.2 Å². The Morgan fingerprint density at radius 1 is 1.17 bits per heavy atom. The third-order valence-corrected chi connectivity index (χ3v) is 5.94. The Hall–Kier alpha value is -1.19. The van der Waals surface area contributed by atoms with Crippen LogP contribution in [0, 0.1) is 13.8 Å². The highest BCUT2D eigenvalue weighted by atomic mass is 32.2. The van der Waals surface area contributed by atoms with E-state index in [1.165, 1.54) is 11.8 Å². The second kappa shape index (κ2) is 6.74. The molecule has 0 aliphatic carbocycles. The minimum Gasteiger partial charge on any atom is -0.475 e. The van der Waals surface area contributed by atoms with Gasteiger partial charge in [-0.2, -0.15) is 0 Å². The molecule has 1 aliphatic heterocycles. The van der Waals surface area contributed by atoms with Gasteiger partial charge in [0.2, 0.25) is 0 Å². The summed E-state index contributed by atoms with van der Waals surface area (Å²) >= 11 is 2.86. The van der Waals surface area contributed by atoms with Crippen LogP contribution >= 0.6 is 23.1 Å². The van der Waals surface area contributed by atoms with Gasteiger partial charge in [-0.15, -0.1) is 23.1 Å². The SMILES string of the molecule is Cc1nc(C)c(-c2cncc(O[C@H]3SC[C@@H](O)[C@H](O)[C@H]3O)c2)s1. The Morgan fingerprint density at radius 2 is 1.96 bits per heavy atom. The fraction of sp³-hybridized carbons (Fsp3) is 0.467. The van der Waals surface area contributed by atoms with Gasteiger partial charge in [-0.05, 0) is 19.9 Å². The molecule has 0 radical (unpaired) electrons. The normalized spacial score (nSPS) is 27.9. The zero-order valence-electron chi connectivity index (χ0n) is 12.7. The van der Waals surface area contributed by atoms with Gasteiger partial charge in [0.25, 0.3) is 0 Å². The molecular weight excluding hydrogens is 336 g/mol. The summed E-state index contributed by atoms with van der Waals surface area (Å²) in [6.45, 7) is 3.90. The van der Waals surface area contributed by atoms with Gasteiger partial charge in [0.15, 0.2) is 5.44 Å². The van der Waals surface area contributed by atoms with E-state index in [1.54, 1.807) is 23.7 Å². The average Bonchev–Trinajstić information content (AvgIpc) is 2.87. The topological polar surface area (TPSA) is 95.7 Å². The lowest BCUT2D eigenvalue weighted by Gasteiger charge is -2.34. The molecule has 124 valence electrons. The van der Waals surface area contributed by atoms with Crippen LogP contribution in [0.5, 0.6) is 5.75 Å². The molecule has 3 heterocycles. The number of aliphatic hydroxyl groups excluding tert-OH is 3. The molecule has 8 heteroatoms. The molecule has 2 aromatic heterocycles. The lowest BCUT2D eigenvalue weighted by Crippen LogP contribution is -2.50. The molecule has 6 nitrogen and oxygen atoms in total. The Balaban J connectivity index is 1.79. The Labute approximate surface area is 142 Å². The fourth-order valence-corrected chi connectivity index (χ4v) is 4.45. The van der Waals surface area contributed by atoms with Gasteiger partial charge < -0.3 is 20.1 Å². The van der Waals surface area contributed by atoms with E-state index in [0.717, 1.165) is 21.1 Å². The summed E-state index contributed by atoms with van der Waals surface area (Å²) in [4.78, 5) is 9.63. The molecule has 3 N–H and O–H groups in total. The maximum absolute atomic E-state index is 10.0. The number of thioether (sulfide) groups is 1. The van der Waals surface area contributed by atoms with Crippen molar-refractivity contribution in [2.24, 2.45) is 0 Å². The predicted molar refractivity (Wildman–Crippen MR) is 89.7 cm³/mol. The minimum absolute atomic E-state index is 0.309. The standard InChI is InChI=1S/C15H18N2O4S2/c1-7-14(23-8(2)17-7)9-3-10(5-16-4-9)21-15-13(20)12(19)11(18)6-22-15/h3-5,11-13,15,18-20H,6H2,1-2H3/t11-,12+,13-,15+/m1/s1. The summed E-state index contributed by atoms with van der Waals surface area (Å²) in [6, 6.07) is 1.84. The van der Waals surface area contributed by atoms with Gasteiger partial charge in [0.1, 0.15) is 18.0 Å². The van der Waals surface area contributed by atoms with Crippen LogP contribution < -0.4 is 4.74 Å². The summed E-state index contributed by atoms with van der Waals surface area (Å²) in [5, 5.41) is 30.3. The van der Waals surface area contributed by atoms with Crippen LogP contribution in [0.25, 0.3) is 10.4 Å². The molecule has 4 atom stereocenters. The van der Waals surface area contributed by atoms with E-state index in [0.29, 0.717) is 11.5 Å². The second-order valence-corrected chi connectivity index (χ2v) is 7.76. The van der Waals surface area contributed by atoms with Crippen LogP contribution in [-0.4, -0.2) is 54.8 Å².